The maximum atomic E-state index is 9.46. The van der Waals surface area contributed by atoms with Crippen LogP contribution in [-0.2, 0) is 9.59 Å². The zero-order chi connectivity index (χ0) is 5.86. The van der Waals surface area contributed by atoms with E-state index in [1.807, 2.05) is 0 Å². The highest BCUT2D eigenvalue weighted by atomic mass is 35.5. The van der Waals surface area contributed by atoms with Gasteiger partial charge in [-0.2, -0.15) is 0 Å². The lowest BCUT2D eigenvalue weighted by molar-refractivity contribution is -0.303. The number of carboxylic acids is 1. The highest BCUT2D eigenvalue weighted by Gasteiger charge is 1.98. The van der Waals surface area contributed by atoms with E-state index >= 15 is 0 Å². The number of aldehydes is 1. The number of aliphatic carboxylic acids is 1. The topological polar surface area (TPSA) is 57.2 Å². The van der Waals surface area contributed by atoms with Crippen molar-refractivity contribution in [1.29, 1.82) is 0 Å². The predicted molar refractivity (Wildman–Crippen MR) is 20.7 cm³/mol. The van der Waals surface area contributed by atoms with E-state index in [0.29, 0.717) is 0 Å². The summed E-state index contributed by atoms with van der Waals surface area (Å²) in [5.41, 5.74) is 0. The van der Waals surface area contributed by atoms with Gasteiger partial charge < -0.3 is 14.7 Å². The fraction of sp³-hybridized carbons (Fsp3) is 0.333. The number of alkyl halides is 1. The van der Waals surface area contributed by atoms with Crippen LogP contribution in [0.15, 0.2) is 0 Å². The number of rotatable bonds is 2. The standard InChI is InChI=1S/C3H3ClO3/c4-2(1-5)3(6)7/h1-2H,(H,6,7)/p-1. The summed E-state index contributed by atoms with van der Waals surface area (Å²) < 4.78 is 0. The molecule has 1 unspecified atom stereocenters. The lowest BCUT2D eigenvalue weighted by atomic mass is 10.5. The first-order chi connectivity index (χ1) is 3.18. The Morgan fingerprint density at radius 1 is 1.86 bits per heavy atom. The van der Waals surface area contributed by atoms with Gasteiger partial charge in [-0.1, -0.05) is 0 Å². The summed E-state index contributed by atoms with van der Waals surface area (Å²) in [5, 5.41) is 7.96. The molecule has 0 aliphatic rings. The lowest BCUT2D eigenvalue weighted by Crippen LogP contribution is -2.32. The molecule has 0 aliphatic heterocycles. The molecule has 1 atom stereocenters. The van der Waals surface area contributed by atoms with E-state index in [9.17, 15) is 14.7 Å². The number of hydrogen-bond donors (Lipinski definition) is 0. The molecule has 0 saturated carbocycles. The minimum atomic E-state index is -1.56. The maximum Gasteiger partial charge on any atom is 0.143 e. The molecule has 0 N–H and O–H groups in total. The first kappa shape index (κ1) is 6.43. The summed E-state index contributed by atoms with van der Waals surface area (Å²) in [6, 6.07) is 0. The molecule has 0 saturated heterocycles. The molecule has 0 amide bonds. The zero-order valence-corrected chi connectivity index (χ0v) is 4.01. The van der Waals surface area contributed by atoms with Crippen LogP contribution in [0.25, 0.3) is 0 Å². The smallest absolute Gasteiger partial charge is 0.143 e. The molecule has 7 heavy (non-hydrogen) atoms. The van der Waals surface area contributed by atoms with Gasteiger partial charge in [0.05, 0.1) is 5.97 Å². The Balaban J connectivity index is 3.55. The molecule has 0 aliphatic carbocycles. The molecule has 0 aromatic rings. The fourth-order valence-electron chi connectivity index (χ4n) is 0.0556. The van der Waals surface area contributed by atoms with Crippen molar-refractivity contribution >= 4 is 23.9 Å². The molecule has 4 heteroatoms. The summed E-state index contributed by atoms with van der Waals surface area (Å²) in [6.07, 6.45) is 0.0941. The van der Waals surface area contributed by atoms with E-state index in [-0.39, 0.29) is 6.29 Å². The van der Waals surface area contributed by atoms with Gasteiger partial charge in [0, 0.05) is 0 Å². The Hall–Kier alpha value is -0.570. The summed E-state index contributed by atoms with van der Waals surface area (Å²) in [6.45, 7) is 0. The highest BCUT2D eigenvalue weighted by molar-refractivity contribution is 6.37. The summed E-state index contributed by atoms with van der Waals surface area (Å²) >= 11 is 4.77. The largest absolute Gasteiger partial charge is 0.548 e. The van der Waals surface area contributed by atoms with Gasteiger partial charge in [0.2, 0.25) is 0 Å². The van der Waals surface area contributed by atoms with Crippen molar-refractivity contribution in [2.45, 2.75) is 5.38 Å². The Kier molecular flexibility index (Phi) is 2.37. The number of carbonyl (C=O) groups excluding carboxylic acids is 2. The number of halogens is 1. The average Bonchev–Trinajstić information content (AvgIpc) is 1.65. The molecular formula is C3H2ClO3-. The van der Waals surface area contributed by atoms with E-state index in [1.165, 1.54) is 0 Å². The molecule has 0 rings (SSSR count). The quantitative estimate of drug-likeness (QED) is 0.255. The maximum absolute atomic E-state index is 9.46. The molecule has 0 bridgehead atoms. The molecular weight excluding hydrogens is 119 g/mol. The van der Waals surface area contributed by atoms with Gasteiger partial charge >= 0.3 is 0 Å². The van der Waals surface area contributed by atoms with E-state index in [2.05, 4.69) is 0 Å². The molecule has 0 heterocycles. The van der Waals surface area contributed by atoms with Gasteiger partial charge in [-0.25, -0.2) is 0 Å². The average molecular weight is 121 g/mol. The van der Waals surface area contributed by atoms with Crippen molar-refractivity contribution in [3.05, 3.63) is 0 Å². The third-order valence-electron chi connectivity index (χ3n) is 0.345. The molecule has 0 fully saturated rings. The Labute approximate surface area is 44.9 Å². The number of carbonyl (C=O) groups is 2. The van der Waals surface area contributed by atoms with Gasteiger partial charge in [-0.15, -0.1) is 11.6 Å². The van der Waals surface area contributed by atoms with E-state index < -0.39 is 11.3 Å². The van der Waals surface area contributed by atoms with Crippen molar-refractivity contribution in [2.24, 2.45) is 0 Å². The first-order valence-electron chi connectivity index (χ1n) is 1.48. The van der Waals surface area contributed by atoms with Crippen LogP contribution in [0.3, 0.4) is 0 Å². The minimum Gasteiger partial charge on any atom is -0.548 e. The van der Waals surface area contributed by atoms with Crippen molar-refractivity contribution in [1.82, 2.24) is 0 Å². The zero-order valence-electron chi connectivity index (χ0n) is 3.26. The van der Waals surface area contributed by atoms with E-state index in [4.69, 9.17) is 11.6 Å². The fourth-order valence-corrected chi connectivity index (χ4v) is 0.0556. The summed E-state index contributed by atoms with van der Waals surface area (Å²) in [5.74, 6) is -1.56. The molecule has 40 valence electrons. The van der Waals surface area contributed by atoms with Crippen LogP contribution < -0.4 is 5.11 Å². The van der Waals surface area contributed by atoms with Crippen LogP contribution in [0.1, 0.15) is 0 Å². The van der Waals surface area contributed by atoms with Crippen molar-refractivity contribution in [3.63, 3.8) is 0 Å². The summed E-state index contributed by atoms with van der Waals surface area (Å²) in [4.78, 5) is 18.8. The molecule has 0 spiro atoms. The van der Waals surface area contributed by atoms with Crippen molar-refractivity contribution < 1.29 is 14.7 Å². The van der Waals surface area contributed by atoms with Crippen molar-refractivity contribution in [3.8, 4) is 0 Å². The number of carboxylic acid groups (broad SMARTS) is 1. The van der Waals surface area contributed by atoms with Crippen LogP contribution in [-0.4, -0.2) is 17.6 Å². The Morgan fingerprint density at radius 3 is 2.29 bits per heavy atom. The van der Waals surface area contributed by atoms with Gasteiger partial charge in [-0.3, -0.25) is 0 Å². The van der Waals surface area contributed by atoms with Gasteiger partial charge in [0.25, 0.3) is 0 Å². The van der Waals surface area contributed by atoms with Crippen LogP contribution in [0.4, 0.5) is 0 Å². The third kappa shape index (κ3) is 2.17. The second-order valence-electron chi connectivity index (χ2n) is 0.857. The van der Waals surface area contributed by atoms with Gasteiger partial charge in [0.15, 0.2) is 0 Å². The van der Waals surface area contributed by atoms with E-state index in [0.717, 1.165) is 0 Å². The minimum absolute atomic E-state index is 0.0941. The van der Waals surface area contributed by atoms with Crippen LogP contribution in [0.2, 0.25) is 0 Å². The second-order valence-corrected chi connectivity index (χ2v) is 1.33. The van der Waals surface area contributed by atoms with E-state index in [1.54, 1.807) is 0 Å². The Morgan fingerprint density at radius 2 is 2.29 bits per heavy atom. The van der Waals surface area contributed by atoms with Crippen LogP contribution >= 0.6 is 11.6 Å². The predicted octanol–water partition coefficient (Wildman–Crippen LogP) is -1.46. The molecule has 0 aromatic carbocycles. The molecule has 0 aromatic heterocycles. The highest BCUT2D eigenvalue weighted by Crippen LogP contribution is 1.84. The molecule has 3 nitrogen and oxygen atoms in total. The van der Waals surface area contributed by atoms with Crippen LogP contribution in [0.5, 0.6) is 0 Å². The third-order valence-corrected chi connectivity index (χ3v) is 0.626. The van der Waals surface area contributed by atoms with Gasteiger partial charge in [0.1, 0.15) is 11.7 Å². The number of hydrogen-bond acceptors (Lipinski definition) is 3. The summed E-state index contributed by atoms with van der Waals surface area (Å²) in [7, 11) is 0. The lowest BCUT2D eigenvalue weighted by Gasteiger charge is -1.97. The Bertz CT molecular complexity index is 90.2. The monoisotopic (exact) mass is 121 g/mol. The van der Waals surface area contributed by atoms with Crippen molar-refractivity contribution in [2.75, 3.05) is 0 Å². The van der Waals surface area contributed by atoms with Gasteiger partial charge in [-0.05, 0) is 0 Å². The van der Waals surface area contributed by atoms with Crippen LogP contribution in [0, 0.1) is 0 Å². The normalized spacial score (nSPS) is 12.7. The SMILES string of the molecule is O=CC(Cl)C(=O)[O-]. The molecule has 0 radical (unpaired) electrons. The first-order valence-corrected chi connectivity index (χ1v) is 1.92. The second kappa shape index (κ2) is 2.58.